The molecule has 1 heterocycles. The van der Waals surface area contributed by atoms with Crippen LogP contribution in [0.3, 0.4) is 0 Å². The highest BCUT2D eigenvalue weighted by molar-refractivity contribution is 6.53. The summed E-state index contributed by atoms with van der Waals surface area (Å²) in [6.45, 7) is 5.92. The van der Waals surface area contributed by atoms with Crippen LogP contribution in [0.4, 0.5) is 21.9 Å². The first-order chi connectivity index (χ1) is 19.6. The Bertz CT molecular complexity index is 1580. The number of hydrogen-bond acceptors (Lipinski definition) is 4. The van der Waals surface area contributed by atoms with Crippen LogP contribution < -0.4 is 15.5 Å². The molecule has 2 aliphatic rings. The second kappa shape index (κ2) is 11.4. The molecule has 0 saturated heterocycles. The first-order valence-electron chi connectivity index (χ1n) is 13.0. The van der Waals surface area contributed by atoms with Gasteiger partial charge in [0.05, 0.1) is 22.2 Å². The summed E-state index contributed by atoms with van der Waals surface area (Å²) in [7, 11) is 0. The first-order valence-corrected chi connectivity index (χ1v) is 14.9. The average molecular weight is 670 g/mol. The Morgan fingerprint density at radius 1 is 0.905 bits per heavy atom. The summed E-state index contributed by atoms with van der Waals surface area (Å²) in [5, 5.41) is 6.63. The highest BCUT2D eigenvalue weighted by atomic mass is 35.5. The fourth-order valence-electron chi connectivity index (χ4n) is 5.00. The Morgan fingerprint density at radius 3 is 2.21 bits per heavy atom. The lowest BCUT2D eigenvalue weighted by Gasteiger charge is -2.24. The Kier molecular flexibility index (Phi) is 8.38. The number of ether oxygens (including phenoxy) is 1. The molecule has 5 rings (SSSR count). The molecule has 7 nitrogen and oxygen atoms in total. The van der Waals surface area contributed by atoms with Crippen molar-refractivity contribution in [3.05, 3.63) is 86.4 Å². The number of fused-ring (bicyclic) bond motifs is 1. The van der Waals surface area contributed by atoms with E-state index >= 15 is 0 Å². The maximum Gasteiger partial charge on any atom is 0.414 e. The predicted molar refractivity (Wildman–Crippen MR) is 169 cm³/mol. The Labute approximate surface area is 268 Å². The van der Waals surface area contributed by atoms with Crippen LogP contribution in [0.1, 0.15) is 48.2 Å². The van der Waals surface area contributed by atoms with Crippen LogP contribution in [0.2, 0.25) is 15.1 Å². The van der Waals surface area contributed by atoms with Crippen molar-refractivity contribution in [1.29, 1.82) is 0 Å². The van der Waals surface area contributed by atoms with Gasteiger partial charge in [-0.15, -0.1) is 23.2 Å². The van der Waals surface area contributed by atoms with E-state index in [1.165, 1.54) is 12.1 Å². The highest BCUT2D eigenvalue weighted by Gasteiger charge is 2.67. The molecule has 220 valence electrons. The summed E-state index contributed by atoms with van der Waals surface area (Å²) in [6, 6.07) is 14.8. The normalized spacial score (nSPS) is 18.7. The van der Waals surface area contributed by atoms with E-state index in [2.05, 4.69) is 10.6 Å². The van der Waals surface area contributed by atoms with E-state index < -0.39 is 39.7 Å². The number of hydrogen-bond donors (Lipinski definition) is 2. The molecule has 0 spiro atoms. The molecule has 3 aromatic carbocycles. The standard InChI is InChI=1S/C30H26Cl5N3O4/c1-29(2,3)42-28(41)38-9-8-15-12-19(5-7-23(15)38)36-26(39)21-14-20(4-6-22(21)33)37-27(40)25-24(30(25,34)35)16-10-17(31)13-18(32)11-16/h4-7,10-14,24-25H,8-9H2,1-3H3,(H,36,39)(H,37,40). The van der Waals surface area contributed by atoms with E-state index in [0.717, 1.165) is 11.3 Å². The Hall–Kier alpha value is -2.68. The van der Waals surface area contributed by atoms with E-state index in [9.17, 15) is 14.4 Å². The number of amides is 3. The zero-order chi connectivity index (χ0) is 30.6. The second-order valence-electron chi connectivity index (χ2n) is 11.2. The topological polar surface area (TPSA) is 87.7 Å². The maximum atomic E-state index is 13.2. The number of carbonyl (C=O) groups excluding carboxylic acids is 3. The summed E-state index contributed by atoms with van der Waals surface area (Å²) in [6.07, 6.45) is 0.199. The molecule has 2 atom stereocenters. The smallest absolute Gasteiger partial charge is 0.414 e. The van der Waals surface area contributed by atoms with E-state index in [1.807, 2.05) is 26.8 Å². The monoisotopic (exact) mass is 667 g/mol. The first kappa shape index (κ1) is 30.8. The quantitative estimate of drug-likeness (QED) is 0.266. The van der Waals surface area contributed by atoms with Crippen molar-refractivity contribution in [2.75, 3.05) is 22.1 Å². The number of nitrogens with zero attached hydrogens (tertiary/aromatic N) is 1. The molecule has 0 bridgehead atoms. The predicted octanol–water partition coefficient (Wildman–Crippen LogP) is 8.72. The SMILES string of the molecule is CC(C)(C)OC(=O)N1CCc2cc(NC(=O)c3cc(NC(=O)C4C(c5cc(Cl)cc(Cl)c5)C4(Cl)Cl)ccc3Cl)ccc21. The van der Waals surface area contributed by atoms with Crippen molar-refractivity contribution in [3.8, 4) is 0 Å². The molecule has 1 aliphatic heterocycles. The fourth-order valence-corrected chi connectivity index (χ4v) is 6.58. The zero-order valence-electron chi connectivity index (χ0n) is 22.7. The molecule has 2 unspecified atom stereocenters. The molecular weight excluding hydrogens is 644 g/mol. The lowest BCUT2D eigenvalue weighted by atomic mass is 10.1. The van der Waals surface area contributed by atoms with Gasteiger partial charge in [0.2, 0.25) is 5.91 Å². The van der Waals surface area contributed by atoms with Gasteiger partial charge in [0.1, 0.15) is 9.93 Å². The minimum atomic E-state index is -1.35. The summed E-state index contributed by atoms with van der Waals surface area (Å²) in [5.41, 5.74) is 2.71. The van der Waals surface area contributed by atoms with Gasteiger partial charge in [0.15, 0.2) is 0 Å². The number of rotatable bonds is 5. The Morgan fingerprint density at radius 2 is 1.55 bits per heavy atom. The van der Waals surface area contributed by atoms with Crippen LogP contribution in [0.25, 0.3) is 0 Å². The third kappa shape index (κ3) is 6.46. The van der Waals surface area contributed by atoms with Gasteiger partial charge >= 0.3 is 6.09 Å². The van der Waals surface area contributed by atoms with Crippen molar-refractivity contribution < 1.29 is 19.1 Å². The van der Waals surface area contributed by atoms with Crippen LogP contribution in [0.15, 0.2) is 54.6 Å². The lowest BCUT2D eigenvalue weighted by Crippen LogP contribution is -2.35. The number of halogens is 5. The summed E-state index contributed by atoms with van der Waals surface area (Å²) < 4.78 is 4.15. The van der Waals surface area contributed by atoms with E-state index in [4.69, 9.17) is 62.7 Å². The van der Waals surface area contributed by atoms with Gasteiger partial charge < -0.3 is 15.4 Å². The summed E-state index contributed by atoms with van der Waals surface area (Å²) >= 11 is 31.5. The van der Waals surface area contributed by atoms with Crippen LogP contribution in [0, 0.1) is 5.92 Å². The number of anilines is 3. The fraction of sp³-hybridized carbons (Fsp3) is 0.300. The molecule has 1 aliphatic carbocycles. The van der Waals surface area contributed by atoms with Gasteiger partial charge in [-0.3, -0.25) is 14.5 Å². The Balaban J connectivity index is 1.27. The van der Waals surface area contributed by atoms with Crippen LogP contribution >= 0.6 is 58.0 Å². The van der Waals surface area contributed by atoms with Crippen LogP contribution in [-0.4, -0.2) is 34.4 Å². The van der Waals surface area contributed by atoms with Crippen molar-refractivity contribution in [2.24, 2.45) is 5.92 Å². The zero-order valence-corrected chi connectivity index (χ0v) is 26.5. The van der Waals surface area contributed by atoms with E-state index in [0.29, 0.717) is 39.9 Å². The largest absolute Gasteiger partial charge is 0.443 e. The molecular formula is C30H26Cl5N3O4. The molecule has 0 radical (unpaired) electrons. The van der Waals surface area contributed by atoms with Gasteiger partial charge in [-0.05, 0) is 92.9 Å². The van der Waals surface area contributed by atoms with E-state index in [-0.39, 0.29) is 10.6 Å². The van der Waals surface area contributed by atoms with Crippen LogP contribution in [-0.2, 0) is 16.0 Å². The molecule has 42 heavy (non-hydrogen) atoms. The molecule has 3 amide bonds. The molecule has 0 aromatic heterocycles. The van der Waals surface area contributed by atoms with Gasteiger partial charge in [-0.1, -0.05) is 34.8 Å². The van der Waals surface area contributed by atoms with Crippen LogP contribution in [0.5, 0.6) is 0 Å². The minimum absolute atomic E-state index is 0.155. The molecule has 1 fully saturated rings. The summed E-state index contributed by atoms with van der Waals surface area (Å²) in [4.78, 5) is 40.5. The summed E-state index contributed by atoms with van der Waals surface area (Å²) in [5.74, 6) is -2.18. The maximum absolute atomic E-state index is 13.2. The van der Waals surface area contributed by atoms with Crippen molar-refractivity contribution in [1.82, 2.24) is 0 Å². The highest BCUT2D eigenvalue weighted by Crippen LogP contribution is 2.65. The van der Waals surface area contributed by atoms with Gasteiger partial charge in [0.25, 0.3) is 5.91 Å². The molecule has 1 saturated carbocycles. The molecule has 2 N–H and O–H groups in total. The van der Waals surface area contributed by atoms with Crippen molar-refractivity contribution >= 4 is 93.0 Å². The molecule has 12 heteroatoms. The third-order valence-electron chi connectivity index (χ3n) is 6.91. The van der Waals surface area contributed by atoms with E-state index in [1.54, 1.807) is 41.3 Å². The average Bonchev–Trinajstić information content (AvgIpc) is 3.22. The number of nitrogens with one attached hydrogen (secondary N) is 2. The van der Waals surface area contributed by atoms with Gasteiger partial charge in [-0.25, -0.2) is 4.79 Å². The van der Waals surface area contributed by atoms with Gasteiger partial charge in [0, 0.05) is 33.9 Å². The minimum Gasteiger partial charge on any atom is -0.443 e. The molecule has 3 aromatic rings. The number of benzene rings is 3. The number of carbonyl (C=O) groups is 3. The van der Waals surface area contributed by atoms with Crippen molar-refractivity contribution in [3.63, 3.8) is 0 Å². The number of alkyl halides is 2. The van der Waals surface area contributed by atoms with Gasteiger partial charge in [-0.2, -0.15) is 0 Å². The second-order valence-corrected chi connectivity index (χ2v) is 13.9. The van der Waals surface area contributed by atoms with Crippen molar-refractivity contribution in [2.45, 2.75) is 43.0 Å². The lowest BCUT2D eigenvalue weighted by molar-refractivity contribution is -0.117. The third-order valence-corrected chi connectivity index (χ3v) is 8.61.